The molecular formula is C20H25ClN4OS. The highest BCUT2D eigenvalue weighted by atomic mass is 35.5. The molecule has 2 aromatic rings. The number of carbonyl (C=O) groups is 1. The Morgan fingerprint density at radius 1 is 1.26 bits per heavy atom. The second kappa shape index (κ2) is 9.42. The Labute approximate surface area is 169 Å². The third-order valence-corrected chi connectivity index (χ3v) is 5.91. The Hall–Kier alpha value is -1.79. The van der Waals surface area contributed by atoms with Crippen molar-refractivity contribution in [2.45, 2.75) is 50.2 Å². The van der Waals surface area contributed by atoms with Crippen LogP contribution in [0.4, 0.5) is 11.5 Å². The number of anilines is 2. The van der Waals surface area contributed by atoms with E-state index in [1.165, 1.54) is 43.9 Å². The topological polar surface area (TPSA) is 66.9 Å². The molecule has 1 aromatic heterocycles. The van der Waals surface area contributed by atoms with E-state index in [2.05, 4.69) is 27.5 Å². The van der Waals surface area contributed by atoms with Crippen LogP contribution >= 0.6 is 23.4 Å². The first-order valence-corrected chi connectivity index (χ1v) is 10.9. The molecular weight excluding hydrogens is 380 g/mol. The quantitative estimate of drug-likeness (QED) is 0.505. The maximum Gasteiger partial charge on any atom is 0.253 e. The van der Waals surface area contributed by atoms with E-state index in [4.69, 9.17) is 11.6 Å². The van der Waals surface area contributed by atoms with Crippen LogP contribution in [0.1, 0.15) is 49.4 Å². The van der Waals surface area contributed by atoms with Crippen molar-refractivity contribution in [3.8, 4) is 0 Å². The minimum atomic E-state index is -0.130. The normalized spacial score (nSPS) is 16.0. The molecule has 5 nitrogen and oxygen atoms in total. The summed E-state index contributed by atoms with van der Waals surface area (Å²) in [6.45, 7) is 2.09. The molecule has 1 fully saturated rings. The summed E-state index contributed by atoms with van der Waals surface area (Å²) in [5.41, 5.74) is 1.24. The maximum atomic E-state index is 12.8. The summed E-state index contributed by atoms with van der Waals surface area (Å²) in [7, 11) is 0. The van der Waals surface area contributed by atoms with Crippen molar-refractivity contribution in [1.82, 2.24) is 15.3 Å². The predicted molar refractivity (Wildman–Crippen MR) is 112 cm³/mol. The average Bonchev–Trinajstić information content (AvgIpc) is 2.70. The van der Waals surface area contributed by atoms with Gasteiger partial charge in [0.2, 0.25) is 0 Å². The van der Waals surface area contributed by atoms with Gasteiger partial charge in [-0.1, -0.05) is 42.6 Å². The highest BCUT2D eigenvalue weighted by molar-refractivity contribution is 7.98. The third-order valence-electron chi connectivity index (χ3n) is 5.02. The summed E-state index contributed by atoms with van der Waals surface area (Å²) < 4.78 is 0. The van der Waals surface area contributed by atoms with Crippen molar-refractivity contribution in [2.24, 2.45) is 5.92 Å². The molecule has 144 valence electrons. The second-order valence-corrected chi connectivity index (χ2v) is 8.09. The summed E-state index contributed by atoms with van der Waals surface area (Å²) in [6.07, 6.45) is 9.81. The van der Waals surface area contributed by atoms with Gasteiger partial charge in [0.05, 0.1) is 10.6 Å². The van der Waals surface area contributed by atoms with Gasteiger partial charge in [-0.25, -0.2) is 9.97 Å². The molecule has 0 unspecified atom stereocenters. The molecule has 0 saturated heterocycles. The first kappa shape index (κ1) is 20.0. The fourth-order valence-corrected chi connectivity index (χ4v) is 4.03. The van der Waals surface area contributed by atoms with E-state index >= 15 is 0 Å². The highest BCUT2D eigenvalue weighted by Crippen LogP contribution is 2.27. The Morgan fingerprint density at radius 3 is 2.78 bits per heavy atom. The number of rotatable bonds is 6. The molecule has 1 amide bonds. The summed E-state index contributed by atoms with van der Waals surface area (Å²) in [6, 6.07) is 7.29. The lowest BCUT2D eigenvalue weighted by Crippen LogP contribution is -2.39. The summed E-state index contributed by atoms with van der Waals surface area (Å²) in [5.74, 6) is 1.10. The van der Waals surface area contributed by atoms with Crippen molar-refractivity contribution >= 4 is 40.8 Å². The first-order chi connectivity index (χ1) is 13.1. The van der Waals surface area contributed by atoms with E-state index in [1.54, 1.807) is 24.4 Å². The fourth-order valence-electron chi connectivity index (χ4n) is 3.47. The minimum Gasteiger partial charge on any atom is -0.349 e. The molecule has 0 bridgehead atoms. The number of halogens is 1. The van der Waals surface area contributed by atoms with Gasteiger partial charge in [0.25, 0.3) is 5.91 Å². The Bertz CT molecular complexity index is 795. The smallest absolute Gasteiger partial charge is 0.253 e. The van der Waals surface area contributed by atoms with Gasteiger partial charge in [-0.3, -0.25) is 4.79 Å². The van der Waals surface area contributed by atoms with Crippen LogP contribution in [0, 0.1) is 5.92 Å². The maximum absolute atomic E-state index is 12.8. The van der Waals surface area contributed by atoms with Crippen LogP contribution in [-0.4, -0.2) is 28.2 Å². The lowest BCUT2D eigenvalue weighted by molar-refractivity contribution is 0.0919. The minimum absolute atomic E-state index is 0.130. The summed E-state index contributed by atoms with van der Waals surface area (Å²) in [4.78, 5) is 21.3. The van der Waals surface area contributed by atoms with E-state index in [-0.39, 0.29) is 11.9 Å². The zero-order chi connectivity index (χ0) is 19.2. The molecule has 1 aliphatic carbocycles. The van der Waals surface area contributed by atoms with E-state index in [0.29, 0.717) is 27.5 Å². The molecule has 0 aliphatic heterocycles. The molecule has 3 rings (SSSR count). The van der Waals surface area contributed by atoms with Gasteiger partial charge in [-0.2, -0.15) is 0 Å². The van der Waals surface area contributed by atoms with Crippen molar-refractivity contribution < 1.29 is 4.79 Å². The molecule has 1 atom stereocenters. The van der Waals surface area contributed by atoms with Crippen molar-refractivity contribution in [3.05, 3.63) is 41.0 Å². The number of carbonyl (C=O) groups excluding carboxylic acids is 1. The molecule has 2 N–H and O–H groups in total. The van der Waals surface area contributed by atoms with Crippen LogP contribution in [-0.2, 0) is 0 Å². The fraction of sp³-hybridized carbons (Fsp3) is 0.450. The van der Waals surface area contributed by atoms with Gasteiger partial charge in [0.15, 0.2) is 5.16 Å². The number of nitrogens with zero attached hydrogens (tertiary/aromatic N) is 2. The number of benzene rings is 1. The molecule has 1 aliphatic rings. The van der Waals surface area contributed by atoms with E-state index in [0.717, 1.165) is 5.69 Å². The lowest BCUT2D eigenvalue weighted by atomic mass is 9.84. The third kappa shape index (κ3) is 5.36. The molecule has 27 heavy (non-hydrogen) atoms. The first-order valence-electron chi connectivity index (χ1n) is 9.31. The zero-order valence-corrected chi connectivity index (χ0v) is 17.2. The van der Waals surface area contributed by atoms with Gasteiger partial charge in [-0.05, 0) is 56.2 Å². The lowest BCUT2D eigenvalue weighted by Gasteiger charge is -2.28. The van der Waals surface area contributed by atoms with E-state index < -0.39 is 0 Å². The van der Waals surface area contributed by atoms with Gasteiger partial charge < -0.3 is 10.6 Å². The molecule has 1 aromatic carbocycles. The number of hydrogen-bond donors (Lipinski definition) is 2. The summed E-state index contributed by atoms with van der Waals surface area (Å²) in [5, 5.41) is 7.48. The molecule has 7 heteroatoms. The number of amides is 1. The monoisotopic (exact) mass is 404 g/mol. The highest BCUT2D eigenvalue weighted by Gasteiger charge is 2.22. The second-order valence-electron chi connectivity index (χ2n) is 6.91. The van der Waals surface area contributed by atoms with E-state index in [1.807, 2.05) is 12.3 Å². The van der Waals surface area contributed by atoms with Crippen LogP contribution in [0.3, 0.4) is 0 Å². The van der Waals surface area contributed by atoms with Crippen LogP contribution in [0.5, 0.6) is 0 Å². The average molecular weight is 405 g/mol. The SMILES string of the molecule is CSc1nccc(Nc2ccc(Cl)c(C(=O)N[C@H](C)C3CCCCC3)c2)n1. The predicted octanol–water partition coefficient (Wildman–Crippen LogP) is 5.29. The van der Waals surface area contributed by atoms with Gasteiger partial charge in [-0.15, -0.1) is 0 Å². The Kier molecular flexibility index (Phi) is 6.96. The van der Waals surface area contributed by atoms with Gasteiger partial charge in [0.1, 0.15) is 5.82 Å². The number of nitrogens with one attached hydrogen (secondary N) is 2. The van der Waals surface area contributed by atoms with Crippen LogP contribution in [0.15, 0.2) is 35.6 Å². The van der Waals surface area contributed by atoms with Crippen molar-refractivity contribution in [1.29, 1.82) is 0 Å². The van der Waals surface area contributed by atoms with Crippen LogP contribution in [0.25, 0.3) is 0 Å². The van der Waals surface area contributed by atoms with E-state index in [9.17, 15) is 4.79 Å². The van der Waals surface area contributed by atoms with Crippen molar-refractivity contribution in [2.75, 3.05) is 11.6 Å². The van der Waals surface area contributed by atoms with Crippen LogP contribution < -0.4 is 10.6 Å². The van der Waals surface area contributed by atoms with Crippen molar-refractivity contribution in [3.63, 3.8) is 0 Å². The zero-order valence-electron chi connectivity index (χ0n) is 15.7. The number of hydrogen-bond acceptors (Lipinski definition) is 5. The molecule has 1 saturated carbocycles. The summed E-state index contributed by atoms with van der Waals surface area (Å²) >= 11 is 7.77. The van der Waals surface area contributed by atoms with Gasteiger partial charge in [0, 0.05) is 17.9 Å². The molecule has 1 heterocycles. The van der Waals surface area contributed by atoms with Gasteiger partial charge >= 0.3 is 0 Å². The van der Waals surface area contributed by atoms with Crippen LogP contribution in [0.2, 0.25) is 5.02 Å². The Balaban J connectivity index is 1.71. The molecule has 0 spiro atoms. The number of aromatic nitrogens is 2. The standard InChI is InChI=1S/C20H25ClN4OS/c1-13(14-6-4-3-5-7-14)23-19(26)16-12-15(8-9-17(16)21)24-18-10-11-22-20(25-18)27-2/h8-14H,3-7H2,1-2H3,(H,23,26)(H,22,24,25)/t13-/m1/s1. The largest absolute Gasteiger partial charge is 0.349 e. The molecule has 0 radical (unpaired) electrons. The Morgan fingerprint density at radius 2 is 2.04 bits per heavy atom. The number of thioether (sulfide) groups is 1.